The first-order valence-electron chi connectivity index (χ1n) is 5.44. The van der Waals surface area contributed by atoms with Crippen LogP contribution in [0, 0.1) is 6.92 Å². The molecule has 0 aliphatic heterocycles. The zero-order valence-electron chi connectivity index (χ0n) is 10.2. The van der Waals surface area contributed by atoms with Crippen molar-refractivity contribution >= 4 is 11.6 Å². The third kappa shape index (κ3) is 3.74. The van der Waals surface area contributed by atoms with Crippen LogP contribution >= 0.6 is 0 Å². The molecule has 0 atom stereocenters. The van der Waals surface area contributed by atoms with E-state index in [0.717, 1.165) is 12.1 Å². The number of hydrogen-bond acceptors (Lipinski definition) is 4. The molecule has 0 fully saturated rings. The Morgan fingerprint density at radius 2 is 1.95 bits per heavy atom. The van der Waals surface area contributed by atoms with Crippen LogP contribution < -0.4 is 10.1 Å². The lowest BCUT2D eigenvalue weighted by Gasteiger charge is -2.09. The molecule has 8 heteroatoms. The zero-order valence-corrected chi connectivity index (χ0v) is 10.2. The van der Waals surface area contributed by atoms with Gasteiger partial charge in [0.2, 0.25) is 0 Å². The first-order chi connectivity index (χ1) is 9.33. The highest BCUT2D eigenvalue weighted by molar-refractivity contribution is 6.02. The van der Waals surface area contributed by atoms with Crippen molar-refractivity contribution in [1.82, 2.24) is 5.16 Å². The number of rotatable bonds is 3. The van der Waals surface area contributed by atoms with E-state index >= 15 is 0 Å². The fourth-order valence-electron chi connectivity index (χ4n) is 1.41. The number of carbonyl (C=O) groups is 1. The Kier molecular flexibility index (Phi) is 3.64. The molecule has 5 nitrogen and oxygen atoms in total. The van der Waals surface area contributed by atoms with Gasteiger partial charge in [-0.2, -0.15) is 0 Å². The molecule has 0 spiro atoms. The van der Waals surface area contributed by atoms with Crippen LogP contribution in [-0.2, 0) is 0 Å². The summed E-state index contributed by atoms with van der Waals surface area (Å²) >= 11 is 0. The number of carbonyl (C=O) groups excluding carboxylic acids is 1. The van der Waals surface area contributed by atoms with Gasteiger partial charge in [0.1, 0.15) is 11.5 Å². The monoisotopic (exact) mass is 286 g/mol. The summed E-state index contributed by atoms with van der Waals surface area (Å²) in [4.78, 5) is 11.7. The summed E-state index contributed by atoms with van der Waals surface area (Å²) in [7, 11) is 0. The van der Waals surface area contributed by atoms with E-state index in [1.54, 1.807) is 6.92 Å². The largest absolute Gasteiger partial charge is 0.573 e. The Hall–Kier alpha value is -2.51. The van der Waals surface area contributed by atoms with E-state index in [2.05, 4.69) is 15.2 Å². The lowest BCUT2D eigenvalue weighted by Crippen LogP contribution is -2.17. The van der Waals surface area contributed by atoms with Crippen LogP contribution in [0.1, 0.15) is 16.2 Å². The molecule has 1 amide bonds. The number of hydrogen-bond donors (Lipinski definition) is 1. The van der Waals surface area contributed by atoms with Crippen molar-refractivity contribution in [2.75, 3.05) is 5.32 Å². The fourth-order valence-corrected chi connectivity index (χ4v) is 1.41. The predicted octanol–water partition coefficient (Wildman–Crippen LogP) is 3.13. The number of anilines is 1. The second-order valence-electron chi connectivity index (χ2n) is 3.85. The Bertz CT molecular complexity index is 605. The summed E-state index contributed by atoms with van der Waals surface area (Å²) in [5.41, 5.74) is 0.392. The van der Waals surface area contributed by atoms with E-state index in [4.69, 9.17) is 4.52 Å². The Morgan fingerprint density at radius 1 is 1.30 bits per heavy atom. The van der Waals surface area contributed by atoms with Crippen molar-refractivity contribution in [1.29, 1.82) is 0 Å². The predicted molar refractivity (Wildman–Crippen MR) is 62.3 cm³/mol. The smallest absolute Gasteiger partial charge is 0.406 e. The standard InChI is InChI=1S/C12H9F3N2O3/c1-7-6-10(17-20-7)11(18)16-8-2-4-9(5-3-8)19-12(13,14)15/h2-6H,1H3,(H,16,18). The Morgan fingerprint density at radius 3 is 2.45 bits per heavy atom. The van der Waals surface area contributed by atoms with E-state index in [1.165, 1.54) is 18.2 Å². The van der Waals surface area contributed by atoms with Crippen molar-refractivity contribution < 1.29 is 27.2 Å². The second-order valence-corrected chi connectivity index (χ2v) is 3.85. The summed E-state index contributed by atoms with van der Waals surface area (Å²) in [6.07, 6.45) is -4.75. The quantitative estimate of drug-likeness (QED) is 0.941. The van der Waals surface area contributed by atoms with Crippen LogP contribution in [0.4, 0.5) is 18.9 Å². The average Bonchev–Trinajstić information content (AvgIpc) is 2.77. The molecule has 0 bridgehead atoms. The maximum atomic E-state index is 12.0. The number of ether oxygens (including phenoxy) is 1. The summed E-state index contributed by atoms with van der Waals surface area (Å²) in [5, 5.41) is 5.98. The maximum absolute atomic E-state index is 12.0. The summed E-state index contributed by atoms with van der Waals surface area (Å²) in [6, 6.07) is 6.20. The topological polar surface area (TPSA) is 64.4 Å². The number of nitrogens with one attached hydrogen (secondary N) is 1. The zero-order chi connectivity index (χ0) is 14.8. The lowest BCUT2D eigenvalue weighted by molar-refractivity contribution is -0.274. The van der Waals surface area contributed by atoms with Gasteiger partial charge in [0, 0.05) is 11.8 Å². The number of aromatic nitrogens is 1. The SMILES string of the molecule is Cc1cc(C(=O)Nc2ccc(OC(F)(F)F)cc2)no1. The van der Waals surface area contributed by atoms with Crippen molar-refractivity contribution in [2.24, 2.45) is 0 Å². The van der Waals surface area contributed by atoms with Crippen LogP contribution in [0.25, 0.3) is 0 Å². The lowest BCUT2D eigenvalue weighted by atomic mass is 10.3. The molecule has 1 aromatic heterocycles. The highest BCUT2D eigenvalue weighted by Gasteiger charge is 2.30. The Labute approximate surface area is 111 Å². The molecule has 0 unspecified atom stereocenters. The molecule has 1 N–H and O–H groups in total. The summed E-state index contributed by atoms with van der Waals surface area (Å²) < 4.78 is 44.3. The normalized spacial score (nSPS) is 11.2. The number of halogens is 3. The first-order valence-corrected chi connectivity index (χ1v) is 5.44. The number of amides is 1. The highest BCUT2D eigenvalue weighted by atomic mass is 19.4. The van der Waals surface area contributed by atoms with Crippen molar-refractivity contribution in [3.8, 4) is 5.75 Å². The number of aryl methyl sites for hydroxylation is 1. The number of benzene rings is 1. The average molecular weight is 286 g/mol. The van der Waals surface area contributed by atoms with Crippen LogP contribution in [-0.4, -0.2) is 17.4 Å². The van der Waals surface area contributed by atoms with Gasteiger partial charge in [0.25, 0.3) is 5.91 Å². The second kappa shape index (κ2) is 5.24. The van der Waals surface area contributed by atoms with Crippen LogP contribution in [0.15, 0.2) is 34.9 Å². The van der Waals surface area contributed by atoms with E-state index in [-0.39, 0.29) is 11.4 Å². The van der Waals surface area contributed by atoms with Gasteiger partial charge in [-0.15, -0.1) is 13.2 Å². The maximum Gasteiger partial charge on any atom is 0.573 e. The highest BCUT2D eigenvalue weighted by Crippen LogP contribution is 2.24. The van der Waals surface area contributed by atoms with Gasteiger partial charge >= 0.3 is 6.36 Å². The summed E-state index contributed by atoms with van der Waals surface area (Å²) in [5.74, 6) is -0.414. The molecule has 1 aromatic carbocycles. The first kappa shape index (κ1) is 13.9. The molecule has 0 aliphatic rings. The van der Waals surface area contributed by atoms with Gasteiger partial charge in [0.15, 0.2) is 5.69 Å². The van der Waals surface area contributed by atoms with E-state index in [1.807, 2.05) is 0 Å². The minimum absolute atomic E-state index is 0.0816. The van der Waals surface area contributed by atoms with Gasteiger partial charge in [-0.25, -0.2) is 0 Å². The van der Waals surface area contributed by atoms with E-state index in [0.29, 0.717) is 11.4 Å². The molecular formula is C12H9F3N2O3. The molecule has 1 heterocycles. The number of nitrogens with zero attached hydrogens (tertiary/aromatic N) is 1. The van der Waals surface area contributed by atoms with Gasteiger partial charge in [-0.05, 0) is 31.2 Å². The van der Waals surface area contributed by atoms with Gasteiger partial charge in [0.05, 0.1) is 0 Å². The third-order valence-electron chi connectivity index (χ3n) is 2.21. The van der Waals surface area contributed by atoms with Crippen LogP contribution in [0.5, 0.6) is 5.75 Å². The molecule has 0 aliphatic carbocycles. The third-order valence-corrected chi connectivity index (χ3v) is 2.21. The van der Waals surface area contributed by atoms with E-state index in [9.17, 15) is 18.0 Å². The molecule has 2 aromatic rings. The molecular weight excluding hydrogens is 277 g/mol. The molecule has 20 heavy (non-hydrogen) atoms. The molecule has 0 saturated heterocycles. The van der Waals surface area contributed by atoms with Gasteiger partial charge in [-0.1, -0.05) is 5.16 Å². The van der Waals surface area contributed by atoms with Crippen LogP contribution in [0.2, 0.25) is 0 Å². The van der Waals surface area contributed by atoms with Crippen molar-refractivity contribution in [2.45, 2.75) is 13.3 Å². The minimum Gasteiger partial charge on any atom is -0.406 e. The van der Waals surface area contributed by atoms with Gasteiger partial charge < -0.3 is 14.6 Å². The van der Waals surface area contributed by atoms with Crippen molar-refractivity contribution in [3.63, 3.8) is 0 Å². The Balaban J connectivity index is 2.02. The summed E-state index contributed by atoms with van der Waals surface area (Å²) in [6.45, 7) is 1.63. The van der Waals surface area contributed by atoms with E-state index < -0.39 is 12.3 Å². The molecule has 0 saturated carbocycles. The fraction of sp³-hybridized carbons (Fsp3) is 0.167. The van der Waals surface area contributed by atoms with Gasteiger partial charge in [-0.3, -0.25) is 4.79 Å². The van der Waals surface area contributed by atoms with Crippen molar-refractivity contribution in [3.05, 3.63) is 41.8 Å². The number of alkyl halides is 3. The minimum atomic E-state index is -4.75. The van der Waals surface area contributed by atoms with Crippen LogP contribution in [0.3, 0.4) is 0 Å². The molecule has 106 valence electrons. The molecule has 2 rings (SSSR count). The molecule has 0 radical (unpaired) electrons.